The highest BCUT2D eigenvalue weighted by atomic mass is 32.1. The summed E-state index contributed by atoms with van der Waals surface area (Å²) >= 11 is 1.86. The summed E-state index contributed by atoms with van der Waals surface area (Å²) in [6.45, 7) is 0. The summed E-state index contributed by atoms with van der Waals surface area (Å²) in [6, 6.07) is 45.9. The highest BCUT2D eigenvalue weighted by Crippen LogP contribution is 2.39. The van der Waals surface area contributed by atoms with E-state index in [0.717, 1.165) is 27.6 Å². The molecule has 0 saturated heterocycles. The van der Waals surface area contributed by atoms with Gasteiger partial charge < -0.3 is 8.98 Å². The van der Waals surface area contributed by atoms with Crippen molar-refractivity contribution in [2.75, 3.05) is 0 Å². The van der Waals surface area contributed by atoms with E-state index in [2.05, 4.69) is 132 Å². The number of thiophene rings is 1. The van der Waals surface area contributed by atoms with E-state index < -0.39 is 0 Å². The Morgan fingerprint density at radius 2 is 1.08 bits per heavy atom. The molecule has 0 aliphatic rings. The molecule has 182 valence electrons. The second-order valence-corrected chi connectivity index (χ2v) is 11.3. The summed E-state index contributed by atoms with van der Waals surface area (Å²) in [7, 11) is 0. The molecule has 0 spiro atoms. The van der Waals surface area contributed by atoms with Crippen LogP contribution >= 0.6 is 11.3 Å². The van der Waals surface area contributed by atoms with E-state index in [4.69, 9.17) is 4.42 Å². The lowest BCUT2D eigenvalue weighted by molar-refractivity contribution is 0.668. The molecule has 0 aliphatic heterocycles. The molecule has 9 aromatic rings. The number of nitrogens with zero attached hydrogens (tertiary/aromatic N) is 1. The quantitative estimate of drug-likeness (QED) is 0.224. The van der Waals surface area contributed by atoms with Gasteiger partial charge in [0.25, 0.3) is 0 Å². The monoisotopic (exact) mass is 515 g/mol. The van der Waals surface area contributed by atoms with E-state index in [9.17, 15) is 0 Å². The van der Waals surface area contributed by atoms with Gasteiger partial charge in [0.15, 0.2) is 0 Å². The number of benzene rings is 6. The fraction of sp³-hybridized carbons (Fsp3) is 0. The number of aromatic nitrogens is 1. The van der Waals surface area contributed by atoms with Gasteiger partial charge in [0.2, 0.25) is 0 Å². The van der Waals surface area contributed by atoms with Crippen LogP contribution in [0.1, 0.15) is 0 Å². The van der Waals surface area contributed by atoms with Crippen LogP contribution in [0.25, 0.3) is 80.7 Å². The summed E-state index contributed by atoms with van der Waals surface area (Å²) in [6.07, 6.45) is 0. The summed E-state index contributed by atoms with van der Waals surface area (Å²) in [5, 5.41) is 7.45. The van der Waals surface area contributed by atoms with Gasteiger partial charge in [0.05, 0.1) is 11.0 Å². The van der Waals surface area contributed by atoms with Crippen molar-refractivity contribution in [2.45, 2.75) is 0 Å². The van der Waals surface area contributed by atoms with Crippen molar-refractivity contribution in [1.29, 1.82) is 0 Å². The molecular weight excluding hydrogens is 494 g/mol. The normalized spacial score (nSPS) is 12.1. The minimum atomic E-state index is 0.904. The Balaban J connectivity index is 1.22. The van der Waals surface area contributed by atoms with Gasteiger partial charge in [-0.1, -0.05) is 66.7 Å². The van der Waals surface area contributed by atoms with Crippen LogP contribution in [0, 0.1) is 0 Å². The predicted molar refractivity (Wildman–Crippen MR) is 166 cm³/mol. The molecular formula is C36H21NOS. The standard InChI is InChI=1S/C36H21NOS/c1-4-10-31-25(7-1)26-8-2-5-11-32(26)37(31)24-15-16-27-29-19-22(13-17-33(29)38-34(27)21-24)23-14-18-36-30(20-23)28-9-3-6-12-35(28)39-36/h1-21H. The number of furan rings is 1. The molecule has 0 saturated carbocycles. The average molecular weight is 516 g/mol. The maximum Gasteiger partial charge on any atom is 0.137 e. The first-order chi connectivity index (χ1) is 19.3. The van der Waals surface area contributed by atoms with Crippen LogP contribution in [0.4, 0.5) is 0 Å². The molecule has 0 radical (unpaired) electrons. The van der Waals surface area contributed by atoms with Crippen LogP contribution in [0.5, 0.6) is 0 Å². The number of fused-ring (bicyclic) bond motifs is 9. The molecule has 0 N–H and O–H groups in total. The van der Waals surface area contributed by atoms with Crippen molar-refractivity contribution in [3.05, 3.63) is 127 Å². The van der Waals surface area contributed by atoms with Crippen LogP contribution in [0.15, 0.2) is 132 Å². The molecule has 0 atom stereocenters. The summed E-state index contributed by atoms with van der Waals surface area (Å²) in [5.74, 6) is 0. The van der Waals surface area contributed by atoms with Gasteiger partial charge in [-0.2, -0.15) is 0 Å². The lowest BCUT2D eigenvalue weighted by Gasteiger charge is -2.07. The van der Waals surface area contributed by atoms with Crippen molar-refractivity contribution in [1.82, 2.24) is 4.57 Å². The predicted octanol–water partition coefficient (Wildman–Crippen LogP) is 10.7. The van der Waals surface area contributed by atoms with E-state index in [1.807, 2.05) is 11.3 Å². The molecule has 2 nitrogen and oxygen atoms in total. The number of rotatable bonds is 2. The van der Waals surface area contributed by atoms with Crippen LogP contribution in [-0.2, 0) is 0 Å². The third kappa shape index (κ3) is 3.02. The van der Waals surface area contributed by atoms with Gasteiger partial charge in [-0.25, -0.2) is 0 Å². The van der Waals surface area contributed by atoms with Crippen molar-refractivity contribution in [2.24, 2.45) is 0 Å². The maximum atomic E-state index is 6.41. The summed E-state index contributed by atoms with van der Waals surface area (Å²) < 4.78 is 11.4. The molecule has 0 fully saturated rings. The Labute approximate surface area is 227 Å². The fourth-order valence-electron chi connectivity index (χ4n) is 6.19. The third-order valence-corrected chi connectivity index (χ3v) is 9.15. The summed E-state index contributed by atoms with van der Waals surface area (Å²) in [4.78, 5) is 0. The van der Waals surface area contributed by atoms with E-state index >= 15 is 0 Å². The first kappa shape index (κ1) is 21.1. The minimum Gasteiger partial charge on any atom is -0.456 e. The van der Waals surface area contributed by atoms with Gasteiger partial charge in [0, 0.05) is 53.5 Å². The van der Waals surface area contributed by atoms with Crippen molar-refractivity contribution in [3.8, 4) is 16.8 Å². The maximum absolute atomic E-state index is 6.41. The number of para-hydroxylation sites is 2. The molecule has 0 unspecified atom stereocenters. The van der Waals surface area contributed by atoms with E-state index in [1.54, 1.807) is 0 Å². The highest BCUT2D eigenvalue weighted by Gasteiger charge is 2.15. The van der Waals surface area contributed by atoms with Crippen LogP contribution < -0.4 is 0 Å². The molecule has 6 aromatic carbocycles. The SMILES string of the molecule is c1ccc2c(c1)sc1ccc(-c3ccc4oc5cc(-n6c7ccccc7c7ccccc76)ccc5c4c3)cc12. The third-order valence-electron chi connectivity index (χ3n) is 8.00. The Hall–Kier alpha value is -4.86. The first-order valence-corrected chi connectivity index (χ1v) is 14.0. The van der Waals surface area contributed by atoms with E-state index in [-0.39, 0.29) is 0 Å². The second kappa shape index (κ2) is 7.83. The molecule has 9 rings (SSSR count). The number of hydrogen-bond acceptors (Lipinski definition) is 2. The van der Waals surface area contributed by atoms with Crippen molar-refractivity contribution in [3.63, 3.8) is 0 Å². The largest absolute Gasteiger partial charge is 0.456 e. The summed E-state index contributed by atoms with van der Waals surface area (Å²) in [5.41, 5.74) is 7.75. The smallest absolute Gasteiger partial charge is 0.137 e. The number of hydrogen-bond donors (Lipinski definition) is 0. The average Bonchev–Trinajstić information content (AvgIpc) is 3.65. The Morgan fingerprint density at radius 3 is 1.87 bits per heavy atom. The second-order valence-electron chi connectivity index (χ2n) is 10.2. The van der Waals surface area contributed by atoms with E-state index in [1.165, 1.54) is 53.1 Å². The Morgan fingerprint density at radius 1 is 0.436 bits per heavy atom. The van der Waals surface area contributed by atoms with Crippen molar-refractivity contribution >= 4 is 75.3 Å². The lowest BCUT2D eigenvalue weighted by atomic mass is 10.0. The van der Waals surface area contributed by atoms with Gasteiger partial charge >= 0.3 is 0 Å². The van der Waals surface area contributed by atoms with E-state index in [0.29, 0.717) is 0 Å². The zero-order valence-electron chi connectivity index (χ0n) is 20.9. The lowest BCUT2D eigenvalue weighted by Crippen LogP contribution is -1.93. The van der Waals surface area contributed by atoms with Crippen LogP contribution in [0.2, 0.25) is 0 Å². The van der Waals surface area contributed by atoms with Gasteiger partial charge in [0.1, 0.15) is 11.2 Å². The topological polar surface area (TPSA) is 18.1 Å². The van der Waals surface area contributed by atoms with Gasteiger partial charge in [-0.15, -0.1) is 11.3 Å². The molecule has 0 bridgehead atoms. The van der Waals surface area contributed by atoms with Crippen LogP contribution in [-0.4, -0.2) is 4.57 Å². The Kier molecular flexibility index (Phi) is 4.24. The van der Waals surface area contributed by atoms with Gasteiger partial charge in [-0.05, 0) is 65.7 Å². The van der Waals surface area contributed by atoms with Crippen LogP contribution in [0.3, 0.4) is 0 Å². The molecule has 0 amide bonds. The zero-order chi connectivity index (χ0) is 25.5. The zero-order valence-corrected chi connectivity index (χ0v) is 21.7. The molecule has 3 aromatic heterocycles. The molecule has 0 aliphatic carbocycles. The first-order valence-electron chi connectivity index (χ1n) is 13.2. The molecule has 3 heteroatoms. The van der Waals surface area contributed by atoms with Crippen molar-refractivity contribution < 1.29 is 4.42 Å². The van der Waals surface area contributed by atoms with Gasteiger partial charge in [-0.3, -0.25) is 0 Å². The highest BCUT2D eigenvalue weighted by molar-refractivity contribution is 7.25. The minimum absolute atomic E-state index is 0.904. The fourth-order valence-corrected chi connectivity index (χ4v) is 7.28. The Bertz CT molecular complexity index is 2350. The molecule has 39 heavy (non-hydrogen) atoms. The molecule has 3 heterocycles.